The minimum absolute atomic E-state index is 0.295. The molecule has 0 fully saturated rings. The highest BCUT2D eigenvalue weighted by Gasteiger charge is 2.12. The number of nitrogens with zero attached hydrogens (tertiary/aromatic N) is 1. The molecule has 1 aromatic heterocycles. The van der Waals surface area contributed by atoms with Crippen molar-refractivity contribution < 1.29 is 8.42 Å². The molecule has 0 aliphatic rings. The van der Waals surface area contributed by atoms with E-state index in [1.54, 1.807) is 25.1 Å². The SMILES string of the molecule is C[C@@H](NS(=O)(=O)C=Cc1cccc(Br)n1)c1ccccc1. The van der Waals surface area contributed by atoms with Crippen LogP contribution in [0.25, 0.3) is 6.08 Å². The molecule has 0 radical (unpaired) electrons. The summed E-state index contributed by atoms with van der Waals surface area (Å²) in [6.07, 6.45) is 1.46. The number of halogens is 1. The maximum atomic E-state index is 12.0. The zero-order valence-corrected chi connectivity index (χ0v) is 13.8. The summed E-state index contributed by atoms with van der Waals surface area (Å²) in [7, 11) is -3.53. The van der Waals surface area contributed by atoms with E-state index < -0.39 is 10.0 Å². The van der Waals surface area contributed by atoms with Gasteiger partial charge in [0.15, 0.2) is 0 Å². The van der Waals surface area contributed by atoms with Gasteiger partial charge in [-0.05, 0) is 46.6 Å². The predicted molar refractivity (Wildman–Crippen MR) is 87.9 cm³/mol. The van der Waals surface area contributed by atoms with Crippen LogP contribution in [0.5, 0.6) is 0 Å². The smallest absolute Gasteiger partial charge is 0.234 e. The van der Waals surface area contributed by atoms with Gasteiger partial charge in [-0.2, -0.15) is 0 Å². The third-order valence-electron chi connectivity index (χ3n) is 2.80. The average Bonchev–Trinajstić information content (AvgIpc) is 2.46. The molecule has 0 unspecified atom stereocenters. The summed E-state index contributed by atoms with van der Waals surface area (Å²) in [5, 5.41) is 1.13. The Labute approximate surface area is 133 Å². The zero-order chi connectivity index (χ0) is 15.3. The van der Waals surface area contributed by atoms with Crippen molar-refractivity contribution in [3.8, 4) is 0 Å². The van der Waals surface area contributed by atoms with Crippen LogP contribution in [-0.2, 0) is 10.0 Å². The summed E-state index contributed by atoms with van der Waals surface area (Å²) >= 11 is 3.24. The number of aromatic nitrogens is 1. The lowest BCUT2D eigenvalue weighted by molar-refractivity contribution is 0.576. The summed E-state index contributed by atoms with van der Waals surface area (Å²) < 4.78 is 27.3. The Morgan fingerprint density at radius 2 is 1.86 bits per heavy atom. The second-order valence-corrected chi connectivity index (χ2v) is 6.89. The van der Waals surface area contributed by atoms with Gasteiger partial charge in [0.25, 0.3) is 0 Å². The van der Waals surface area contributed by atoms with Crippen LogP contribution in [0.2, 0.25) is 0 Å². The van der Waals surface area contributed by atoms with Gasteiger partial charge in [-0.3, -0.25) is 0 Å². The fourth-order valence-corrected chi connectivity index (χ4v) is 3.15. The molecule has 0 spiro atoms. The first-order valence-electron chi connectivity index (χ1n) is 6.34. The standard InChI is InChI=1S/C15H15BrN2O2S/c1-12(13-6-3-2-4-7-13)18-21(19,20)11-10-14-8-5-9-15(16)17-14/h2-12,18H,1H3/t12-/m1/s1. The van der Waals surface area contributed by atoms with Crippen molar-refractivity contribution in [3.63, 3.8) is 0 Å². The van der Waals surface area contributed by atoms with Crippen LogP contribution in [0.15, 0.2) is 58.5 Å². The van der Waals surface area contributed by atoms with Crippen molar-refractivity contribution >= 4 is 32.0 Å². The largest absolute Gasteiger partial charge is 0.242 e. The Balaban J connectivity index is 2.09. The molecule has 21 heavy (non-hydrogen) atoms. The van der Waals surface area contributed by atoms with Gasteiger partial charge in [0, 0.05) is 11.4 Å². The van der Waals surface area contributed by atoms with Crippen LogP contribution >= 0.6 is 15.9 Å². The number of hydrogen-bond acceptors (Lipinski definition) is 3. The Bertz CT molecular complexity index is 730. The van der Waals surface area contributed by atoms with Gasteiger partial charge in [-0.15, -0.1) is 0 Å². The summed E-state index contributed by atoms with van der Waals surface area (Å²) in [5.74, 6) is 0. The van der Waals surface area contributed by atoms with Crippen molar-refractivity contribution in [3.05, 3.63) is 69.8 Å². The minimum atomic E-state index is -3.53. The highest BCUT2D eigenvalue weighted by molar-refractivity contribution is 9.10. The van der Waals surface area contributed by atoms with Crippen LogP contribution < -0.4 is 4.72 Å². The monoisotopic (exact) mass is 366 g/mol. The summed E-state index contributed by atoms with van der Waals surface area (Å²) in [6, 6.07) is 14.4. The quantitative estimate of drug-likeness (QED) is 0.823. The van der Waals surface area contributed by atoms with Crippen LogP contribution in [-0.4, -0.2) is 13.4 Å². The molecular formula is C15H15BrN2O2S. The van der Waals surface area contributed by atoms with E-state index in [0.29, 0.717) is 10.3 Å². The van der Waals surface area contributed by atoms with Crippen molar-refractivity contribution in [2.45, 2.75) is 13.0 Å². The van der Waals surface area contributed by atoms with Gasteiger partial charge in [-0.25, -0.2) is 18.1 Å². The van der Waals surface area contributed by atoms with E-state index in [-0.39, 0.29) is 6.04 Å². The van der Waals surface area contributed by atoms with Crippen molar-refractivity contribution in [1.82, 2.24) is 9.71 Å². The Morgan fingerprint density at radius 1 is 1.14 bits per heavy atom. The van der Waals surface area contributed by atoms with E-state index in [1.807, 2.05) is 30.3 Å². The molecule has 0 saturated carbocycles. The number of rotatable bonds is 5. The van der Waals surface area contributed by atoms with Crippen LogP contribution in [0.4, 0.5) is 0 Å². The van der Waals surface area contributed by atoms with Crippen molar-refractivity contribution in [2.75, 3.05) is 0 Å². The van der Waals surface area contributed by atoms with Crippen LogP contribution in [0.3, 0.4) is 0 Å². The molecule has 2 rings (SSSR count). The lowest BCUT2D eigenvalue weighted by Gasteiger charge is -2.12. The molecule has 1 aromatic carbocycles. The summed E-state index contributed by atoms with van der Waals surface area (Å²) in [5.41, 5.74) is 1.48. The van der Waals surface area contributed by atoms with Crippen LogP contribution in [0.1, 0.15) is 24.2 Å². The van der Waals surface area contributed by atoms with Crippen molar-refractivity contribution in [1.29, 1.82) is 0 Å². The molecule has 4 nitrogen and oxygen atoms in total. The molecule has 1 heterocycles. The van der Waals surface area contributed by atoms with Gasteiger partial charge in [0.2, 0.25) is 10.0 Å². The average molecular weight is 367 g/mol. The molecule has 0 aliphatic carbocycles. The highest BCUT2D eigenvalue weighted by atomic mass is 79.9. The first-order chi connectivity index (χ1) is 9.96. The summed E-state index contributed by atoms with van der Waals surface area (Å²) in [4.78, 5) is 4.15. The molecule has 2 aromatic rings. The lowest BCUT2D eigenvalue weighted by atomic mass is 10.1. The molecule has 0 aliphatic heterocycles. The lowest BCUT2D eigenvalue weighted by Crippen LogP contribution is -2.24. The molecule has 1 atom stereocenters. The second-order valence-electron chi connectivity index (χ2n) is 4.48. The van der Waals surface area contributed by atoms with Gasteiger partial charge < -0.3 is 0 Å². The van der Waals surface area contributed by atoms with E-state index in [4.69, 9.17) is 0 Å². The molecule has 0 bridgehead atoms. The number of sulfonamides is 1. The molecule has 6 heteroatoms. The van der Waals surface area contributed by atoms with E-state index in [0.717, 1.165) is 11.0 Å². The van der Waals surface area contributed by atoms with E-state index >= 15 is 0 Å². The molecule has 0 amide bonds. The predicted octanol–water partition coefficient (Wildman–Crippen LogP) is 3.50. The molecule has 1 N–H and O–H groups in total. The third-order valence-corrected chi connectivity index (χ3v) is 4.41. The number of pyridine rings is 1. The zero-order valence-electron chi connectivity index (χ0n) is 11.4. The van der Waals surface area contributed by atoms with E-state index in [1.165, 1.54) is 6.08 Å². The Hall–Kier alpha value is -1.50. The Kier molecular flexibility index (Phi) is 5.27. The van der Waals surface area contributed by atoms with E-state index in [2.05, 4.69) is 25.6 Å². The fraction of sp³-hybridized carbons (Fsp3) is 0.133. The minimum Gasteiger partial charge on any atom is -0.242 e. The highest BCUT2D eigenvalue weighted by Crippen LogP contribution is 2.13. The summed E-state index contributed by atoms with van der Waals surface area (Å²) in [6.45, 7) is 1.80. The molecule has 0 saturated heterocycles. The van der Waals surface area contributed by atoms with E-state index in [9.17, 15) is 8.42 Å². The molecule has 110 valence electrons. The fourth-order valence-electron chi connectivity index (χ4n) is 1.77. The van der Waals surface area contributed by atoms with Gasteiger partial charge in [0.1, 0.15) is 4.60 Å². The molecular weight excluding hydrogens is 352 g/mol. The first-order valence-corrected chi connectivity index (χ1v) is 8.68. The Morgan fingerprint density at radius 3 is 2.52 bits per heavy atom. The normalized spacial score (nSPS) is 13.4. The number of hydrogen-bond donors (Lipinski definition) is 1. The third kappa shape index (κ3) is 5.08. The van der Waals surface area contributed by atoms with Gasteiger partial charge in [-0.1, -0.05) is 36.4 Å². The van der Waals surface area contributed by atoms with Gasteiger partial charge >= 0.3 is 0 Å². The maximum Gasteiger partial charge on any atom is 0.234 e. The topological polar surface area (TPSA) is 59.1 Å². The maximum absolute atomic E-state index is 12.0. The first kappa shape index (κ1) is 15.9. The number of nitrogens with one attached hydrogen (secondary N) is 1. The van der Waals surface area contributed by atoms with Crippen LogP contribution in [0, 0.1) is 0 Å². The second kappa shape index (κ2) is 6.98. The van der Waals surface area contributed by atoms with Gasteiger partial charge in [0.05, 0.1) is 5.69 Å². The number of benzene rings is 1. The van der Waals surface area contributed by atoms with Crippen molar-refractivity contribution in [2.24, 2.45) is 0 Å².